The molecule has 6 nitrogen and oxygen atoms in total. The fraction of sp³-hybridized carbons (Fsp3) is 0.278. The highest BCUT2D eigenvalue weighted by Crippen LogP contribution is 2.22. The summed E-state index contributed by atoms with van der Waals surface area (Å²) in [6, 6.07) is 8.75. The van der Waals surface area contributed by atoms with Crippen molar-refractivity contribution in [3.63, 3.8) is 0 Å². The Morgan fingerprint density at radius 2 is 1.80 bits per heavy atom. The molecular weight excluding hydrogens is 386 g/mol. The SMILES string of the molecule is CC(C)(C)c1ccc(C(=O)NCC(=O)Nc2cc(Br)c[nH]c2=O)cc1. The van der Waals surface area contributed by atoms with Crippen LogP contribution in [0.2, 0.25) is 0 Å². The number of hydrogen-bond donors (Lipinski definition) is 3. The molecule has 25 heavy (non-hydrogen) atoms. The van der Waals surface area contributed by atoms with Gasteiger partial charge in [-0.15, -0.1) is 0 Å². The third-order valence-corrected chi connectivity index (χ3v) is 4.02. The lowest BCUT2D eigenvalue weighted by Gasteiger charge is -2.19. The van der Waals surface area contributed by atoms with Gasteiger partial charge in [0.15, 0.2) is 0 Å². The van der Waals surface area contributed by atoms with Crippen LogP contribution in [-0.4, -0.2) is 23.3 Å². The van der Waals surface area contributed by atoms with Crippen molar-refractivity contribution in [1.29, 1.82) is 0 Å². The topological polar surface area (TPSA) is 91.1 Å². The standard InChI is InChI=1S/C18H20BrN3O3/c1-18(2,3)12-6-4-11(5-7-12)16(24)21-10-15(23)22-14-8-13(19)9-20-17(14)25/h4-9H,10H2,1-3H3,(H,20,25)(H,21,24)(H,22,23). The molecule has 7 heteroatoms. The fourth-order valence-electron chi connectivity index (χ4n) is 2.13. The lowest BCUT2D eigenvalue weighted by atomic mass is 9.87. The summed E-state index contributed by atoms with van der Waals surface area (Å²) >= 11 is 3.21. The number of amides is 2. The molecule has 0 radical (unpaired) electrons. The molecule has 0 aliphatic rings. The van der Waals surface area contributed by atoms with Crippen LogP contribution in [0.3, 0.4) is 0 Å². The van der Waals surface area contributed by atoms with Gasteiger partial charge in [-0.1, -0.05) is 32.9 Å². The van der Waals surface area contributed by atoms with Gasteiger partial charge < -0.3 is 15.6 Å². The first kappa shape index (κ1) is 18.9. The third kappa shape index (κ3) is 5.29. The van der Waals surface area contributed by atoms with E-state index in [-0.39, 0.29) is 23.6 Å². The van der Waals surface area contributed by atoms with Crippen LogP contribution >= 0.6 is 15.9 Å². The number of H-pyrrole nitrogens is 1. The van der Waals surface area contributed by atoms with Crippen molar-refractivity contribution in [2.75, 3.05) is 11.9 Å². The van der Waals surface area contributed by atoms with E-state index in [0.29, 0.717) is 10.0 Å². The second-order valence-electron chi connectivity index (χ2n) is 6.62. The van der Waals surface area contributed by atoms with Crippen LogP contribution in [0, 0.1) is 0 Å². The highest BCUT2D eigenvalue weighted by atomic mass is 79.9. The summed E-state index contributed by atoms with van der Waals surface area (Å²) < 4.78 is 0.630. The molecule has 2 aromatic rings. The number of carbonyl (C=O) groups is 2. The number of carbonyl (C=O) groups excluding carboxylic acids is 2. The van der Waals surface area contributed by atoms with Crippen molar-refractivity contribution in [2.45, 2.75) is 26.2 Å². The van der Waals surface area contributed by atoms with E-state index in [0.717, 1.165) is 5.56 Å². The molecule has 3 N–H and O–H groups in total. The number of anilines is 1. The Balaban J connectivity index is 1.94. The maximum absolute atomic E-state index is 12.1. The summed E-state index contributed by atoms with van der Waals surface area (Å²) in [5.74, 6) is -0.831. The Hall–Kier alpha value is -2.41. The van der Waals surface area contributed by atoms with Gasteiger partial charge in [-0.3, -0.25) is 14.4 Å². The molecule has 0 aliphatic carbocycles. The number of halogens is 1. The number of pyridine rings is 1. The van der Waals surface area contributed by atoms with Gasteiger partial charge in [-0.25, -0.2) is 0 Å². The van der Waals surface area contributed by atoms with Gasteiger partial charge in [0.1, 0.15) is 5.69 Å². The van der Waals surface area contributed by atoms with Crippen molar-refractivity contribution >= 4 is 33.4 Å². The zero-order valence-corrected chi connectivity index (χ0v) is 15.9. The Bertz CT molecular complexity index is 836. The second kappa shape index (κ2) is 7.65. The van der Waals surface area contributed by atoms with Gasteiger partial charge in [-0.05, 0) is 45.1 Å². The number of aromatic amines is 1. The minimum absolute atomic E-state index is 0.00586. The summed E-state index contributed by atoms with van der Waals surface area (Å²) in [4.78, 5) is 38.1. The molecule has 0 saturated carbocycles. The smallest absolute Gasteiger partial charge is 0.271 e. The summed E-state index contributed by atoms with van der Waals surface area (Å²) in [5, 5.41) is 5.00. The number of rotatable bonds is 4. The number of nitrogens with one attached hydrogen (secondary N) is 3. The van der Waals surface area contributed by atoms with Crippen LogP contribution in [0.25, 0.3) is 0 Å². The van der Waals surface area contributed by atoms with Gasteiger partial charge in [0.2, 0.25) is 5.91 Å². The molecule has 1 aromatic heterocycles. The van der Waals surface area contributed by atoms with Crippen molar-refractivity contribution in [1.82, 2.24) is 10.3 Å². The minimum atomic E-state index is -0.483. The maximum atomic E-state index is 12.1. The predicted molar refractivity (Wildman–Crippen MR) is 101 cm³/mol. The third-order valence-electron chi connectivity index (χ3n) is 3.56. The zero-order chi connectivity index (χ0) is 18.6. The fourth-order valence-corrected chi connectivity index (χ4v) is 2.47. The highest BCUT2D eigenvalue weighted by Gasteiger charge is 2.15. The minimum Gasteiger partial charge on any atom is -0.343 e. The molecule has 2 rings (SSSR count). The van der Waals surface area contributed by atoms with Gasteiger partial charge in [-0.2, -0.15) is 0 Å². The first-order chi connectivity index (χ1) is 11.7. The van der Waals surface area contributed by atoms with E-state index in [1.54, 1.807) is 12.1 Å². The highest BCUT2D eigenvalue weighted by molar-refractivity contribution is 9.10. The van der Waals surface area contributed by atoms with E-state index in [1.807, 2.05) is 12.1 Å². The van der Waals surface area contributed by atoms with Crippen LogP contribution in [0.1, 0.15) is 36.7 Å². The second-order valence-corrected chi connectivity index (χ2v) is 7.53. The monoisotopic (exact) mass is 405 g/mol. The molecule has 0 spiro atoms. The lowest BCUT2D eigenvalue weighted by Crippen LogP contribution is -2.34. The van der Waals surface area contributed by atoms with Crippen molar-refractivity contribution < 1.29 is 9.59 Å². The number of hydrogen-bond acceptors (Lipinski definition) is 3. The molecular formula is C18H20BrN3O3. The van der Waals surface area contributed by atoms with E-state index in [1.165, 1.54) is 12.3 Å². The summed E-state index contributed by atoms with van der Waals surface area (Å²) in [6.07, 6.45) is 1.47. The summed E-state index contributed by atoms with van der Waals surface area (Å²) in [7, 11) is 0. The van der Waals surface area contributed by atoms with E-state index < -0.39 is 11.5 Å². The largest absolute Gasteiger partial charge is 0.343 e. The Kier molecular flexibility index (Phi) is 5.79. The Morgan fingerprint density at radius 1 is 1.16 bits per heavy atom. The van der Waals surface area contributed by atoms with E-state index >= 15 is 0 Å². The maximum Gasteiger partial charge on any atom is 0.271 e. The van der Waals surface area contributed by atoms with Crippen molar-refractivity contribution in [3.05, 3.63) is 62.5 Å². The quantitative estimate of drug-likeness (QED) is 0.729. The summed E-state index contributed by atoms with van der Waals surface area (Å²) in [5.41, 5.74) is 1.30. The first-order valence-corrected chi connectivity index (χ1v) is 8.53. The molecule has 0 saturated heterocycles. The van der Waals surface area contributed by atoms with Crippen LogP contribution in [0.15, 0.2) is 45.8 Å². The van der Waals surface area contributed by atoms with Gasteiger partial charge in [0.25, 0.3) is 11.5 Å². The predicted octanol–water partition coefficient (Wildman–Crippen LogP) is 2.80. The first-order valence-electron chi connectivity index (χ1n) is 7.73. The van der Waals surface area contributed by atoms with E-state index in [2.05, 4.69) is 52.3 Å². The van der Waals surface area contributed by atoms with E-state index in [4.69, 9.17) is 0 Å². The van der Waals surface area contributed by atoms with Gasteiger partial charge in [0, 0.05) is 16.2 Å². The van der Waals surface area contributed by atoms with Crippen LogP contribution < -0.4 is 16.2 Å². The summed E-state index contributed by atoms with van der Waals surface area (Å²) in [6.45, 7) is 6.05. The molecule has 0 atom stereocenters. The van der Waals surface area contributed by atoms with Crippen molar-refractivity contribution in [3.8, 4) is 0 Å². The van der Waals surface area contributed by atoms with Crippen LogP contribution in [0.5, 0.6) is 0 Å². The normalized spacial score (nSPS) is 11.0. The molecule has 0 unspecified atom stereocenters. The average molecular weight is 406 g/mol. The Morgan fingerprint density at radius 3 is 2.40 bits per heavy atom. The van der Waals surface area contributed by atoms with Gasteiger partial charge >= 0.3 is 0 Å². The molecule has 1 heterocycles. The molecule has 2 amide bonds. The van der Waals surface area contributed by atoms with Crippen molar-refractivity contribution in [2.24, 2.45) is 0 Å². The van der Waals surface area contributed by atoms with Gasteiger partial charge in [0.05, 0.1) is 6.54 Å². The average Bonchev–Trinajstić information content (AvgIpc) is 2.55. The Labute approximate surface area is 154 Å². The lowest BCUT2D eigenvalue weighted by molar-refractivity contribution is -0.115. The van der Waals surface area contributed by atoms with E-state index in [9.17, 15) is 14.4 Å². The zero-order valence-electron chi connectivity index (χ0n) is 14.3. The molecule has 0 bridgehead atoms. The number of aromatic nitrogens is 1. The molecule has 1 aromatic carbocycles. The molecule has 132 valence electrons. The number of benzene rings is 1. The van der Waals surface area contributed by atoms with Crippen LogP contribution in [0.4, 0.5) is 5.69 Å². The molecule has 0 fully saturated rings. The van der Waals surface area contributed by atoms with Crippen LogP contribution in [-0.2, 0) is 10.2 Å². The molecule has 0 aliphatic heterocycles.